The Morgan fingerprint density at radius 3 is 2.25 bits per heavy atom. The van der Waals surface area contributed by atoms with Crippen molar-refractivity contribution in [1.82, 2.24) is 25.4 Å². The number of hydrogen-bond acceptors (Lipinski definition) is 5. The van der Waals surface area contributed by atoms with Gasteiger partial charge in [-0.15, -0.1) is 20.4 Å². The molecule has 4 rings (SSSR count). The quantitative estimate of drug-likeness (QED) is 0.742. The molecule has 0 aliphatic carbocycles. The predicted molar refractivity (Wildman–Crippen MR) is 111 cm³/mol. The molecule has 6 nitrogen and oxygen atoms in total. The smallest absolute Gasteiger partial charge is 0.203 e. The Morgan fingerprint density at radius 2 is 1.64 bits per heavy atom. The molecule has 0 spiro atoms. The van der Waals surface area contributed by atoms with E-state index in [2.05, 4.69) is 70.4 Å². The highest BCUT2D eigenvalue weighted by atomic mass is 15.3. The van der Waals surface area contributed by atoms with Crippen LogP contribution in [0, 0.1) is 20.8 Å². The van der Waals surface area contributed by atoms with Crippen LogP contribution in [0.2, 0.25) is 0 Å². The maximum Gasteiger partial charge on any atom is 0.203 e. The van der Waals surface area contributed by atoms with Gasteiger partial charge in [0.05, 0.1) is 11.4 Å². The summed E-state index contributed by atoms with van der Waals surface area (Å²) in [6, 6.07) is 10.3. The maximum atomic E-state index is 4.81. The van der Waals surface area contributed by atoms with E-state index in [9.17, 15) is 0 Å². The number of allylic oxidation sites excluding steroid dienone is 2. The highest BCUT2D eigenvalue weighted by Gasteiger charge is 2.20. The highest BCUT2D eigenvalue weighted by Crippen LogP contribution is 2.36. The second-order valence-electron chi connectivity index (χ2n) is 7.17. The Hall–Kier alpha value is -3.41. The molecule has 0 amide bonds. The first-order chi connectivity index (χ1) is 13.4. The zero-order valence-corrected chi connectivity index (χ0v) is 16.7. The summed E-state index contributed by atoms with van der Waals surface area (Å²) in [4.78, 5) is 8.33. The molecule has 1 aromatic carbocycles. The number of aliphatic imine (C=N–C) groups is 1. The first kappa shape index (κ1) is 18.0. The second-order valence-corrected chi connectivity index (χ2v) is 7.17. The van der Waals surface area contributed by atoms with Crippen LogP contribution in [0.5, 0.6) is 0 Å². The average Bonchev–Trinajstić information content (AvgIpc) is 3.17. The third kappa shape index (κ3) is 3.29. The number of nitrogens with zero attached hydrogens (tertiary/aromatic N) is 5. The molecule has 2 aromatic heterocycles. The SMILES string of the molecule is CC1=CC(C)=N/C1=C(/c1cccc(-c2nnc(C)nn2)c1)c1[nH]c(C)cc1C. The Kier molecular flexibility index (Phi) is 4.47. The lowest BCUT2D eigenvalue weighted by molar-refractivity contribution is 0.816. The molecule has 0 radical (unpaired) electrons. The standard InChI is InChI=1S/C22H22N6/c1-12-9-14(3)23-20(12)19(21-13(2)10-15(4)24-21)17-7-6-8-18(11-17)22-27-25-16(5)26-28-22/h6-11,23H,1-5H3/b21-19-. The summed E-state index contributed by atoms with van der Waals surface area (Å²) in [5.74, 6) is 1.06. The van der Waals surface area contributed by atoms with Crippen LogP contribution >= 0.6 is 0 Å². The van der Waals surface area contributed by atoms with Crippen molar-refractivity contribution in [1.29, 1.82) is 0 Å². The van der Waals surface area contributed by atoms with Gasteiger partial charge >= 0.3 is 0 Å². The Bertz CT molecular complexity index is 1150. The zero-order chi connectivity index (χ0) is 19.8. The fraction of sp³-hybridized carbons (Fsp3) is 0.227. The number of aromatic amines is 1. The van der Waals surface area contributed by atoms with Gasteiger partial charge in [-0.3, -0.25) is 4.99 Å². The molecule has 0 unspecified atom stereocenters. The Morgan fingerprint density at radius 1 is 0.893 bits per heavy atom. The number of aromatic nitrogens is 5. The topological polar surface area (TPSA) is 79.7 Å². The molecule has 1 N–H and O–H groups in total. The lowest BCUT2D eigenvalue weighted by Crippen LogP contribution is -2.00. The van der Waals surface area contributed by atoms with E-state index in [1.807, 2.05) is 19.1 Å². The van der Waals surface area contributed by atoms with Crippen molar-refractivity contribution < 1.29 is 0 Å². The third-order valence-electron chi connectivity index (χ3n) is 4.71. The van der Waals surface area contributed by atoms with Gasteiger partial charge in [0.15, 0.2) is 5.82 Å². The summed E-state index contributed by atoms with van der Waals surface area (Å²) in [7, 11) is 0. The zero-order valence-electron chi connectivity index (χ0n) is 16.7. The van der Waals surface area contributed by atoms with Crippen molar-refractivity contribution in [3.05, 3.63) is 76.0 Å². The van der Waals surface area contributed by atoms with Gasteiger partial charge < -0.3 is 4.98 Å². The summed E-state index contributed by atoms with van der Waals surface area (Å²) < 4.78 is 0. The van der Waals surface area contributed by atoms with Crippen molar-refractivity contribution in [2.45, 2.75) is 34.6 Å². The number of hydrogen-bond donors (Lipinski definition) is 1. The van der Waals surface area contributed by atoms with Crippen LogP contribution in [0.3, 0.4) is 0 Å². The van der Waals surface area contributed by atoms with Crippen LogP contribution in [0.4, 0.5) is 0 Å². The first-order valence-electron chi connectivity index (χ1n) is 9.22. The van der Waals surface area contributed by atoms with Gasteiger partial charge in [0, 0.05) is 22.5 Å². The van der Waals surface area contributed by atoms with E-state index >= 15 is 0 Å². The molecule has 140 valence electrons. The van der Waals surface area contributed by atoms with Crippen molar-refractivity contribution in [2.24, 2.45) is 4.99 Å². The molecule has 3 aromatic rings. The van der Waals surface area contributed by atoms with E-state index in [-0.39, 0.29) is 0 Å². The van der Waals surface area contributed by atoms with Crippen molar-refractivity contribution in [3.63, 3.8) is 0 Å². The van der Waals surface area contributed by atoms with Crippen molar-refractivity contribution >= 4 is 11.3 Å². The van der Waals surface area contributed by atoms with E-state index in [4.69, 9.17) is 4.99 Å². The lowest BCUT2D eigenvalue weighted by Gasteiger charge is -2.13. The van der Waals surface area contributed by atoms with Crippen LogP contribution in [-0.2, 0) is 0 Å². The van der Waals surface area contributed by atoms with Crippen LogP contribution in [0.15, 0.2) is 52.7 Å². The summed E-state index contributed by atoms with van der Waals surface area (Å²) >= 11 is 0. The van der Waals surface area contributed by atoms with Crippen LogP contribution < -0.4 is 0 Å². The molecule has 0 fully saturated rings. The first-order valence-corrected chi connectivity index (χ1v) is 9.22. The van der Waals surface area contributed by atoms with Gasteiger partial charge in [-0.1, -0.05) is 18.2 Å². The summed E-state index contributed by atoms with van der Waals surface area (Å²) in [5, 5.41) is 16.4. The molecule has 6 heteroatoms. The molecule has 28 heavy (non-hydrogen) atoms. The third-order valence-corrected chi connectivity index (χ3v) is 4.71. The summed E-state index contributed by atoms with van der Waals surface area (Å²) in [6.07, 6.45) is 2.11. The van der Waals surface area contributed by atoms with E-state index in [0.29, 0.717) is 11.6 Å². The number of nitrogens with one attached hydrogen (secondary N) is 1. The monoisotopic (exact) mass is 370 g/mol. The van der Waals surface area contributed by atoms with E-state index < -0.39 is 0 Å². The lowest BCUT2D eigenvalue weighted by atomic mass is 9.94. The molecular formula is C22H22N6. The van der Waals surface area contributed by atoms with Gasteiger partial charge in [0.1, 0.15) is 0 Å². The molecule has 0 bridgehead atoms. The number of rotatable bonds is 3. The van der Waals surface area contributed by atoms with Crippen LogP contribution in [-0.4, -0.2) is 31.1 Å². The largest absolute Gasteiger partial charge is 0.358 e. The number of H-pyrrole nitrogens is 1. The number of benzene rings is 1. The predicted octanol–water partition coefficient (Wildman–Crippen LogP) is 4.37. The fourth-order valence-electron chi connectivity index (χ4n) is 3.53. The normalized spacial score (nSPS) is 15.5. The van der Waals surface area contributed by atoms with Crippen LogP contribution in [0.25, 0.3) is 17.0 Å². The van der Waals surface area contributed by atoms with Gasteiger partial charge in [0.25, 0.3) is 0 Å². The molecule has 0 saturated heterocycles. The molecular weight excluding hydrogens is 348 g/mol. The molecule has 3 heterocycles. The molecule has 1 aliphatic heterocycles. The summed E-state index contributed by atoms with van der Waals surface area (Å²) in [5.41, 5.74) is 9.54. The van der Waals surface area contributed by atoms with E-state index in [0.717, 1.165) is 45.1 Å². The van der Waals surface area contributed by atoms with E-state index in [1.54, 1.807) is 6.92 Å². The second kappa shape index (κ2) is 6.96. The Balaban J connectivity index is 1.93. The molecule has 0 atom stereocenters. The fourth-order valence-corrected chi connectivity index (χ4v) is 3.53. The van der Waals surface area contributed by atoms with E-state index in [1.165, 1.54) is 5.56 Å². The van der Waals surface area contributed by atoms with Crippen molar-refractivity contribution in [3.8, 4) is 11.4 Å². The minimum Gasteiger partial charge on any atom is -0.358 e. The van der Waals surface area contributed by atoms with Gasteiger partial charge in [0.2, 0.25) is 5.82 Å². The van der Waals surface area contributed by atoms with Crippen LogP contribution in [0.1, 0.15) is 42.2 Å². The van der Waals surface area contributed by atoms with Crippen molar-refractivity contribution in [2.75, 3.05) is 0 Å². The summed E-state index contributed by atoms with van der Waals surface area (Å²) in [6.45, 7) is 10.1. The number of aryl methyl sites for hydroxylation is 3. The minimum atomic E-state index is 0.509. The molecule has 0 saturated carbocycles. The molecule has 1 aliphatic rings. The minimum absolute atomic E-state index is 0.509. The average molecular weight is 370 g/mol. The maximum absolute atomic E-state index is 4.81. The Labute approximate surface area is 164 Å². The van der Waals surface area contributed by atoms with Gasteiger partial charge in [-0.25, -0.2) is 0 Å². The highest BCUT2D eigenvalue weighted by molar-refractivity contribution is 6.01. The van der Waals surface area contributed by atoms with Gasteiger partial charge in [-0.05, 0) is 69.5 Å². The van der Waals surface area contributed by atoms with Gasteiger partial charge in [-0.2, -0.15) is 0 Å².